The fraction of sp³-hybridized carbons (Fsp3) is 0.143. The summed E-state index contributed by atoms with van der Waals surface area (Å²) >= 11 is 5.84. The van der Waals surface area contributed by atoms with Crippen LogP contribution in [-0.4, -0.2) is 11.0 Å². The van der Waals surface area contributed by atoms with E-state index in [1.165, 1.54) is 0 Å². The molecule has 0 unspecified atom stereocenters. The Morgan fingerprint density at radius 2 is 1.58 bits per heavy atom. The highest BCUT2D eigenvalue weighted by Gasteiger charge is 2.30. The largest absolute Gasteiger partial charge is 0.510 e. The Kier molecular flexibility index (Phi) is 5.27. The molecule has 0 heterocycles. The molecule has 0 spiro atoms. The van der Waals surface area contributed by atoms with Crippen LogP contribution in [0.4, 0.5) is 5.69 Å². The van der Waals surface area contributed by atoms with E-state index in [9.17, 15) is 9.90 Å². The van der Waals surface area contributed by atoms with E-state index in [4.69, 9.17) is 16.9 Å². The summed E-state index contributed by atoms with van der Waals surface area (Å²) in [5.41, 5.74) is 1.95. The minimum Gasteiger partial charge on any atom is -0.510 e. The number of halogens is 1. The molecule has 1 fully saturated rings. The number of nitrogens with one attached hydrogen (secondary N) is 1. The highest BCUT2D eigenvalue weighted by atomic mass is 35.5. The SMILES string of the molecule is N#CC(C(=O)Nc1ccc(C#Cc2ccc(Cl)cc2)cc1)=C(O)C1CC1. The summed E-state index contributed by atoms with van der Waals surface area (Å²) in [6.07, 6.45) is 1.62. The number of amides is 1. The quantitative estimate of drug-likeness (QED) is 0.367. The van der Waals surface area contributed by atoms with Crippen molar-refractivity contribution in [2.24, 2.45) is 5.92 Å². The van der Waals surface area contributed by atoms with Crippen LogP contribution in [-0.2, 0) is 4.79 Å². The summed E-state index contributed by atoms with van der Waals surface area (Å²) < 4.78 is 0. The maximum Gasteiger partial charge on any atom is 0.269 e. The molecule has 0 aromatic heterocycles. The van der Waals surface area contributed by atoms with Crippen molar-refractivity contribution in [3.05, 3.63) is 76.0 Å². The van der Waals surface area contributed by atoms with Crippen molar-refractivity contribution in [2.75, 3.05) is 5.32 Å². The molecule has 4 nitrogen and oxygen atoms in total. The summed E-state index contributed by atoms with van der Waals surface area (Å²) in [5.74, 6) is 5.29. The lowest BCUT2D eigenvalue weighted by atomic mass is 10.1. The first kappa shape index (κ1) is 17.6. The Bertz CT molecular complexity index is 954. The van der Waals surface area contributed by atoms with Gasteiger partial charge in [-0.25, -0.2) is 0 Å². The van der Waals surface area contributed by atoms with Gasteiger partial charge in [-0.3, -0.25) is 4.79 Å². The van der Waals surface area contributed by atoms with Gasteiger partial charge in [0.15, 0.2) is 5.57 Å². The Morgan fingerprint density at radius 1 is 1.04 bits per heavy atom. The Labute approximate surface area is 156 Å². The highest BCUT2D eigenvalue weighted by molar-refractivity contribution is 6.30. The van der Waals surface area contributed by atoms with Crippen molar-refractivity contribution in [3.8, 4) is 17.9 Å². The summed E-state index contributed by atoms with van der Waals surface area (Å²) in [6, 6.07) is 16.0. The minimum absolute atomic E-state index is 0.0547. The number of nitriles is 1. The average molecular weight is 363 g/mol. The minimum atomic E-state index is -0.600. The molecule has 3 rings (SSSR count). The van der Waals surface area contributed by atoms with Crippen LogP contribution < -0.4 is 5.32 Å². The average Bonchev–Trinajstić information content (AvgIpc) is 3.48. The first-order valence-electron chi connectivity index (χ1n) is 8.09. The van der Waals surface area contributed by atoms with Crippen LogP contribution in [0.25, 0.3) is 0 Å². The lowest BCUT2D eigenvalue weighted by Crippen LogP contribution is -2.15. The van der Waals surface area contributed by atoms with E-state index in [0.717, 1.165) is 24.0 Å². The Hall–Kier alpha value is -3.21. The summed E-state index contributed by atoms with van der Waals surface area (Å²) in [7, 11) is 0. The van der Waals surface area contributed by atoms with Gasteiger partial charge < -0.3 is 10.4 Å². The zero-order chi connectivity index (χ0) is 18.5. The number of carbonyl (C=O) groups is 1. The number of hydrogen-bond donors (Lipinski definition) is 2. The molecule has 2 N–H and O–H groups in total. The van der Waals surface area contributed by atoms with Crippen LogP contribution in [0.5, 0.6) is 0 Å². The van der Waals surface area contributed by atoms with Crippen molar-refractivity contribution < 1.29 is 9.90 Å². The van der Waals surface area contributed by atoms with Crippen molar-refractivity contribution in [3.63, 3.8) is 0 Å². The molecule has 1 aliphatic rings. The molecule has 0 atom stereocenters. The molecule has 1 aliphatic carbocycles. The third-order valence-corrected chi connectivity index (χ3v) is 4.15. The van der Waals surface area contributed by atoms with Crippen molar-refractivity contribution >= 4 is 23.2 Å². The second-order valence-corrected chi connectivity index (χ2v) is 6.37. The lowest BCUT2D eigenvalue weighted by molar-refractivity contribution is -0.112. The number of allylic oxidation sites excluding steroid dienone is 1. The normalized spacial score (nSPS) is 13.7. The van der Waals surface area contributed by atoms with Gasteiger partial charge in [0.1, 0.15) is 11.8 Å². The smallest absolute Gasteiger partial charge is 0.269 e. The summed E-state index contributed by atoms with van der Waals surface area (Å²) in [6.45, 7) is 0. The van der Waals surface area contributed by atoms with Gasteiger partial charge in [-0.2, -0.15) is 5.26 Å². The second-order valence-electron chi connectivity index (χ2n) is 5.93. The predicted molar refractivity (Wildman–Crippen MR) is 100 cm³/mol. The van der Waals surface area contributed by atoms with E-state index in [2.05, 4.69) is 17.2 Å². The van der Waals surface area contributed by atoms with Crippen LogP contribution >= 0.6 is 11.6 Å². The molecule has 5 heteroatoms. The number of nitrogens with zero attached hydrogens (tertiary/aromatic N) is 1. The van der Waals surface area contributed by atoms with E-state index in [0.29, 0.717) is 10.7 Å². The fourth-order valence-electron chi connectivity index (χ4n) is 2.29. The highest BCUT2D eigenvalue weighted by Crippen LogP contribution is 2.36. The second kappa shape index (κ2) is 7.78. The first-order valence-corrected chi connectivity index (χ1v) is 8.47. The molecular formula is C21H15ClN2O2. The molecule has 0 saturated heterocycles. The number of carbonyl (C=O) groups excluding carboxylic acids is 1. The van der Waals surface area contributed by atoms with Crippen molar-refractivity contribution in [1.29, 1.82) is 5.26 Å². The van der Waals surface area contributed by atoms with Gasteiger partial charge >= 0.3 is 0 Å². The molecule has 1 saturated carbocycles. The van der Waals surface area contributed by atoms with Crippen LogP contribution in [0.1, 0.15) is 24.0 Å². The molecule has 1 amide bonds. The van der Waals surface area contributed by atoms with Crippen LogP contribution in [0.15, 0.2) is 59.9 Å². The maximum absolute atomic E-state index is 12.2. The van der Waals surface area contributed by atoms with Gasteiger partial charge in [0.25, 0.3) is 5.91 Å². The molecule has 26 heavy (non-hydrogen) atoms. The van der Waals surface area contributed by atoms with E-state index in [1.54, 1.807) is 42.5 Å². The molecule has 0 radical (unpaired) electrons. The van der Waals surface area contributed by atoms with E-state index in [1.807, 2.05) is 12.1 Å². The van der Waals surface area contributed by atoms with E-state index >= 15 is 0 Å². The lowest BCUT2D eigenvalue weighted by Gasteiger charge is -2.06. The monoisotopic (exact) mass is 362 g/mol. The van der Waals surface area contributed by atoms with Crippen LogP contribution in [0, 0.1) is 29.1 Å². The van der Waals surface area contributed by atoms with E-state index in [-0.39, 0.29) is 17.3 Å². The number of hydrogen-bond acceptors (Lipinski definition) is 3. The van der Waals surface area contributed by atoms with Crippen molar-refractivity contribution in [2.45, 2.75) is 12.8 Å². The van der Waals surface area contributed by atoms with Gasteiger partial charge in [-0.1, -0.05) is 23.4 Å². The number of anilines is 1. The molecule has 2 aromatic carbocycles. The topological polar surface area (TPSA) is 73.1 Å². The van der Waals surface area contributed by atoms with E-state index < -0.39 is 5.91 Å². The zero-order valence-corrected chi connectivity index (χ0v) is 14.5. The first-order chi connectivity index (χ1) is 12.6. The van der Waals surface area contributed by atoms with Crippen molar-refractivity contribution in [1.82, 2.24) is 0 Å². The van der Waals surface area contributed by atoms with Crippen LogP contribution in [0.2, 0.25) is 5.02 Å². The molecular weight excluding hydrogens is 348 g/mol. The zero-order valence-electron chi connectivity index (χ0n) is 13.8. The molecule has 2 aromatic rings. The van der Waals surface area contributed by atoms with Gasteiger partial charge in [0.2, 0.25) is 0 Å². The third-order valence-electron chi connectivity index (χ3n) is 3.90. The number of aliphatic hydroxyl groups excluding tert-OH is 1. The summed E-state index contributed by atoms with van der Waals surface area (Å²) in [4.78, 5) is 12.2. The molecule has 0 aliphatic heterocycles. The molecule has 0 bridgehead atoms. The van der Waals surface area contributed by atoms with Gasteiger partial charge in [0, 0.05) is 27.8 Å². The number of aliphatic hydroxyl groups is 1. The van der Waals surface area contributed by atoms with Crippen LogP contribution in [0.3, 0.4) is 0 Å². The summed E-state index contributed by atoms with van der Waals surface area (Å²) in [5, 5.41) is 22.3. The van der Waals surface area contributed by atoms with Gasteiger partial charge in [-0.15, -0.1) is 0 Å². The molecule has 128 valence electrons. The Morgan fingerprint density at radius 3 is 2.08 bits per heavy atom. The third kappa shape index (κ3) is 4.45. The maximum atomic E-state index is 12.2. The Balaban J connectivity index is 1.68. The standard InChI is InChI=1S/C21H15ClN2O2/c22-17-9-3-14(4-10-17)1-2-15-5-11-18(12-6-15)24-21(26)19(13-23)20(25)16-7-8-16/h3-6,9-12,16,25H,7-8H2,(H,24,26). The fourth-order valence-corrected chi connectivity index (χ4v) is 2.42. The number of benzene rings is 2. The number of rotatable bonds is 3. The van der Waals surface area contributed by atoms with Gasteiger partial charge in [-0.05, 0) is 61.4 Å². The van der Waals surface area contributed by atoms with Gasteiger partial charge in [0.05, 0.1) is 0 Å². The predicted octanol–water partition coefficient (Wildman–Crippen LogP) is 4.42.